The van der Waals surface area contributed by atoms with Gasteiger partial charge in [0.05, 0.1) is 0 Å². The van der Waals surface area contributed by atoms with Gasteiger partial charge >= 0.3 is 0 Å². The standard InChI is InChI=1S/C25H44O2/c1-3-5-7-9-11-13-15-20-24(26)22-18-17-19-23(22)25(27)21-16-14-12-10-8-6-4-2/h3-21H2,1-2H3. The molecule has 0 saturated heterocycles. The van der Waals surface area contributed by atoms with Crippen molar-refractivity contribution in [2.75, 3.05) is 0 Å². The molecule has 2 heteroatoms. The van der Waals surface area contributed by atoms with Crippen LogP contribution in [0.2, 0.25) is 0 Å². The molecule has 27 heavy (non-hydrogen) atoms. The number of hydrogen-bond donors (Lipinski definition) is 0. The van der Waals surface area contributed by atoms with Crippen LogP contribution in [0.15, 0.2) is 11.1 Å². The number of allylic oxidation sites excluding steroid dienone is 2. The lowest BCUT2D eigenvalue weighted by Gasteiger charge is -2.07. The summed E-state index contributed by atoms with van der Waals surface area (Å²) in [5.74, 6) is 0.535. The molecule has 0 saturated carbocycles. The molecule has 0 radical (unpaired) electrons. The molecular weight excluding hydrogens is 332 g/mol. The van der Waals surface area contributed by atoms with Gasteiger partial charge in [-0.3, -0.25) is 9.59 Å². The smallest absolute Gasteiger partial charge is 0.159 e. The summed E-state index contributed by atoms with van der Waals surface area (Å²) >= 11 is 0. The average molecular weight is 377 g/mol. The van der Waals surface area contributed by atoms with Gasteiger partial charge in [0.15, 0.2) is 11.6 Å². The maximum absolute atomic E-state index is 12.6. The number of carbonyl (C=O) groups is 2. The van der Waals surface area contributed by atoms with E-state index >= 15 is 0 Å². The molecule has 0 bridgehead atoms. The SMILES string of the molecule is CCCCCCCCCC(=O)C1=C(C(=O)CCCCCCCCC)CCC1. The lowest BCUT2D eigenvalue weighted by atomic mass is 9.96. The first-order valence-electron chi connectivity index (χ1n) is 12.0. The lowest BCUT2D eigenvalue weighted by molar-refractivity contribution is -0.118. The summed E-state index contributed by atoms with van der Waals surface area (Å²) in [7, 11) is 0. The van der Waals surface area contributed by atoms with Crippen molar-refractivity contribution in [3.05, 3.63) is 11.1 Å². The third kappa shape index (κ3) is 10.9. The van der Waals surface area contributed by atoms with Crippen LogP contribution in [0.3, 0.4) is 0 Å². The predicted molar refractivity (Wildman–Crippen MR) is 116 cm³/mol. The quantitative estimate of drug-likeness (QED) is 0.228. The minimum atomic E-state index is 0.268. The molecule has 0 aromatic heterocycles. The van der Waals surface area contributed by atoms with Gasteiger partial charge in [0, 0.05) is 24.0 Å². The second-order valence-electron chi connectivity index (χ2n) is 8.40. The fourth-order valence-electron chi connectivity index (χ4n) is 4.15. The summed E-state index contributed by atoms with van der Waals surface area (Å²) in [6.07, 6.45) is 21.2. The van der Waals surface area contributed by atoms with Crippen molar-refractivity contribution in [3.63, 3.8) is 0 Å². The highest BCUT2D eigenvalue weighted by atomic mass is 16.1. The highest BCUT2D eigenvalue weighted by molar-refractivity contribution is 6.07. The Kier molecular flexibility index (Phi) is 14.4. The third-order valence-corrected chi connectivity index (χ3v) is 5.91. The molecule has 0 amide bonds. The monoisotopic (exact) mass is 376 g/mol. The molecule has 0 unspecified atom stereocenters. The summed E-state index contributed by atoms with van der Waals surface area (Å²) in [6, 6.07) is 0. The lowest BCUT2D eigenvalue weighted by Crippen LogP contribution is -2.08. The molecule has 0 atom stereocenters. The molecule has 1 rings (SSSR count). The first-order valence-corrected chi connectivity index (χ1v) is 12.0. The third-order valence-electron chi connectivity index (χ3n) is 5.91. The Bertz CT molecular complexity index is 407. The van der Waals surface area contributed by atoms with Gasteiger partial charge in [-0.15, -0.1) is 0 Å². The summed E-state index contributed by atoms with van der Waals surface area (Å²) in [4.78, 5) is 25.1. The van der Waals surface area contributed by atoms with Gasteiger partial charge < -0.3 is 0 Å². The van der Waals surface area contributed by atoms with Crippen LogP contribution in [0.4, 0.5) is 0 Å². The number of ketones is 2. The number of carbonyl (C=O) groups excluding carboxylic acids is 2. The van der Waals surface area contributed by atoms with E-state index < -0.39 is 0 Å². The van der Waals surface area contributed by atoms with Crippen LogP contribution < -0.4 is 0 Å². The Balaban J connectivity index is 2.24. The van der Waals surface area contributed by atoms with E-state index in [9.17, 15) is 9.59 Å². The van der Waals surface area contributed by atoms with Crippen molar-refractivity contribution in [3.8, 4) is 0 Å². The fraction of sp³-hybridized carbons (Fsp3) is 0.840. The molecule has 0 N–H and O–H groups in total. The van der Waals surface area contributed by atoms with Gasteiger partial charge in [-0.2, -0.15) is 0 Å². The van der Waals surface area contributed by atoms with E-state index in [4.69, 9.17) is 0 Å². The first kappa shape index (κ1) is 24.1. The van der Waals surface area contributed by atoms with Crippen LogP contribution in [0.25, 0.3) is 0 Å². The van der Waals surface area contributed by atoms with Gasteiger partial charge in [0.1, 0.15) is 0 Å². The summed E-state index contributed by atoms with van der Waals surface area (Å²) in [5.41, 5.74) is 1.79. The fourth-order valence-corrected chi connectivity index (χ4v) is 4.15. The summed E-state index contributed by atoms with van der Waals surface area (Å²) < 4.78 is 0. The molecule has 0 aromatic carbocycles. The molecule has 0 aliphatic heterocycles. The van der Waals surface area contributed by atoms with Crippen LogP contribution in [-0.2, 0) is 9.59 Å². The zero-order valence-electron chi connectivity index (χ0n) is 18.3. The highest BCUT2D eigenvalue weighted by Crippen LogP contribution is 2.30. The van der Waals surface area contributed by atoms with Gasteiger partial charge in [-0.1, -0.05) is 90.9 Å². The van der Waals surface area contributed by atoms with Gasteiger partial charge in [0.25, 0.3) is 0 Å². The maximum atomic E-state index is 12.6. The molecule has 156 valence electrons. The zero-order chi connectivity index (χ0) is 19.7. The van der Waals surface area contributed by atoms with E-state index in [1.165, 1.54) is 64.2 Å². The van der Waals surface area contributed by atoms with E-state index in [1.807, 2.05) is 0 Å². The van der Waals surface area contributed by atoms with E-state index in [2.05, 4.69) is 13.8 Å². The Labute approximate surface area is 168 Å². The highest BCUT2D eigenvalue weighted by Gasteiger charge is 2.24. The minimum absolute atomic E-state index is 0.268. The van der Waals surface area contributed by atoms with Crippen molar-refractivity contribution >= 4 is 11.6 Å². The minimum Gasteiger partial charge on any atom is -0.295 e. The molecule has 2 nitrogen and oxygen atoms in total. The Morgan fingerprint density at radius 2 is 0.889 bits per heavy atom. The van der Waals surface area contributed by atoms with E-state index in [-0.39, 0.29) is 11.6 Å². The molecule has 0 spiro atoms. The van der Waals surface area contributed by atoms with Gasteiger partial charge in [-0.25, -0.2) is 0 Å². The summed E-state index contributed by atoms with van der Waals surface area (Å²) in [5, 5.41) is 0. The van der Waals surface area contributed by atoms with Crippen LogP contribution in [0.1, 0.15) is 136 Å². The second kappa shape index (κ2) is 16.1. The van der Waals surface area contributed by atoms with E-state index in [1.54, 1.807) is 0 Å². The Morgan fingerprint density at radius 1 is 0.556 bits per heavy atom. The largest absolute Gasteiger partial charge is 0.295 e. The maximum Gasteiger partial charge on any atom is 0.159 e. The predicted octanol–water partition coefficient (Wildman–Crippen LogP) is 7.89. The Morgan fingerprint density at radius 3 is 1.26 bits per heavy atom. The number of rotatable bonds is 18. The summed E-state index contributed by atoms with van der Waals surface area (Å²) in [6.45, 7) is 4.47. The van der Waals surface area contributed by atoms with E-state index in [0.29, 0.717) is 12.8 Å². The van der Waals surface area contributed by atoms with E-state index in [0.717, 1.165) is 56.1 Å². The molecule has 0 heterocycles. The zero-order valence-corrected chi connectivity index (χ0v) is 18.3. The first-order chi connectivity index (χ1) is 13.2. The van der Waals surface area contributed by atoms with Crippen molar-refractivity contribution < 1.29 is 9.59 Å². The molecule has 0 fully saturated rings. The number of Topliss-reactive ketones (excluding diaryl/α,β-unsaturated/α-hetero) is 2. The topological polar surface area (TPSA) is 34.1 Å². The average Bonchev–Trinajstić information content (AvgIpc) is 3.16. The van der Waals surface area contributed by atoms with Gasteiger partial charge in [0.2, 0.25) is 0 Å². The van der Waals surface area contributed by atoms with Gasteiger partial charge in [-0.05, 0) is 32.1 Å². The van der Waals surface area contributed by atoms with Crippen molar-refractivity contribution in [1.82, 2.24) is 0 Å². The number of unbranched alkanes of at least 4 members (excludes halogenated alkanes) is 12. The van der Waals surface area contributed by atoms with Crippen LogP contribution in [0.5, 0.6) is 0 Å². The van der Waals surface area contributed by atoms with Crippen LogP contribution >= 0.6 is 0 Å². The molecular formula is C25H44O2. The Hall–Kier alpha value is -0.920. The van der Waals surface area contributed by atoms with Crippen molar-refractivity contribution in [2.24, 2.45) is 0 Å². The molecule has 1 aliphatic rings. The van der Waals surface area contributed by atoms with Crippen molar-refractivity contribution in [1.29, 1.82) is 0 Å². The molecule has 1 aliphatic carbocycles. The van der Waals surface area contributed by atoms with Crippen molar-refractivity contribution in [2.45, 2.75) is 136 Å². The second-order valence-corrected chi connectivity index (χ2v) is 8.40. The normalized spacial score (nSPS) is 14.1. The molecule has 0 aromatic rings. The number of hydrogen-bond acceptors (Lipinski definition) is 2. The van der Waals surface area contributed by atoms with Crippen LogP contribution in [0, 0.1) is 0 Å². The van der Waals surface area contributed by atoms with Crippen LogP contribution in [-0.4, -0.2) is 11.6 Å².